The van der Waals surface area contributed by atoms with Gasteiger partial charge in [0.1, 0.15) is 5.76 Å². The van der Waals surface area contributed by atoms with Crippen molar-refractivity contribution >= 4 is 21.7 Å². The van der Waals surface area contributed by atoms with Crippen molar-refractivity contribution in [2.75, 3.05) is 0 Å². The molecule has 1 aromatic carbocycles. The number of carbonyl (C=O) groups is 2. The normalized spacial score (nSPS) is 11.3. The number of sulfone groups is 1. The van der Waals surface area contributed by atoms with Crippen molar-refractivity contribution < 1.29 is 22.4 Å². The van der Waals surface area contributed by atoms with Gasteiger partial charge in [0.25, 0.3) is 11.8 Å². The Morgan fingerprint density at radius 1 is 1.00 bits per heavy atom. The Morgan fingerprint density at radius 2 is 1.58 bits per heavy atom. The maximum atomic E-state index is 12.0. The zero-order valence-corrected chi connectivity index (χ0v) is 14.3. The third-order valence-electron chi connectivity index (χ3n) is 3.46. The SMILES string of the molecule is Cc1occc1C(=O)NNC(=O)c1ccc(S(=O)(=O)C(C)C)cc1. The second-order valence-electron chi connectivity index (χ2n) is 5.42. The molecule has 7 nitrogen and oxygen atoms in total. The van der Waals surface area contributed by atoms with E-state index in [0.29, 0.717) is 11.3 Å². The molecule has 0 radical (unpaired) electrons. The van der Waals surface area contributed by atoms with Crippen molar-refractivity contribution in [3.63, 3.8) is 0 Å². The van der Waals surface area contributed by atoms with Crippen LogP contribution in [-0.4, -0.2) is 25.5 Å². The van der Waals surface area contributed by atoms with E-state index in [1.165, 1.54) is 36.6 Å². The molecule has 0 aliphatic rings. The number of nitrogens with one attached hydrogen (secondary N) is 2. The minimum absolute atomic E-state index is 0.145. The van der Waals surface area contributed by atoms with Gasteiger partial charge in [0, 0.05) is 5.56 Å². The molecule has 0 saturated carbocycles. The fourth-order valence-corrected chi connectivity index (χ4v) is 3.00. The predicted octanol–water partition coefficient (Wildman–Crippen LogP) is 1.84. The lowest BCUT2D eigenvalue weighted by atomic mass is 10.2. The predicted molar refractivity (Wildman–Crippen MR) is 87.1 cm³/mol. The summed E-state index contributed by atoms with van der Waals surface area (Å²) in [6.07, 6.45) is 1.37. The molecule has 2 rings (SSSR count). The minimum atomic E-state index is -3.39. The van der Waals surface area contributed by atoms with Crippen LogP contribution in [0.4, 0.5) is 0 Å². The Bertz CT molecular complexity index is 851. The van der Waals surface area contributed by atoms with Crippen molar-refractivity contribution in [3.05, 3.63) is 53.5 Å². The van der Waals surface area contributed by atoms with E-state index in [-0.39, 0.29) is 10.5 Å². The van der Waals surface area contributed by atoms with Crippen LogP contribution in [0, 0.1) is 6.92 Å². The summed E-state index contributed by atoms with van der Waals surface area (Å²) in [5.41, 5.74) is 5.07. The zero-order valence-electron chi connectivity index (χ0n) is 13.5. The van der Waals surface area contributed by atoms with Crippen molar-refractivity contribution in [2.24, 2.45) is 0 Å². The first kappa shape index (κ1) is 17.7. The van der Waals surface area contributed by atoms with Gasteiger partial charge >= 0.3 is 0 Å². The van der Waals surface area contributed by atoms with Crippen LogP contribution in [-0.2, 0) is 9.84 Å². The number of benzene rings is 1. The first-order valence-electron chi connectivity index (χ1n) is 7.22. The number of hydrazine groups is 1. The summed E-state index contributed by atoms with van der Waals surface area (Å²) in [5.74, 6) is -0.628. The van der Waals surface area contributed by atoms with Crippen LogP contribution >= 0.6 is 0 Å². The van der Waals surface area contributed by atoms with Gasteiger partial charge in [0.15, 0.2) is 9.84 Å². The monoisotopic (exact) mass is 350 g/mol. The second-order valence-corrected chi connectivity index (χ2v) is 7.92. The van der Waals surface area contributed by atoms with Crippen LogP contribution in [0.15, 0.2) is 45.9 Å². The van der Waals surface area contributed by atoms with E-state index in [1.807, 2.05) is 0 Å². The van der Waals surface area contributed by atoms with Gasteiger partial charge in [-0.15, -0.1) is 0 Å². The molecule has 24 heavy (non-hydrogen) atoms. The molecule has 1 aromatic heterocycles. The first-order chi connectivity index (χ1) is 11.2. The van der Waals surface area contributed by atoms with Crippen LogP contribution in [0.5, 0.6) is 0 Å². The van der Waals surface area contributed by atoms with Gasteiger partial charge in [-0.1, -0.05) is 0 Å². The second kappa shape index (κ2) is 6.88. The van der Waals surface area contributed by atoms with Gasteiger partial charge in [0.2, 0.25) is 0 Å². The smallest absolute Gasteiger partial charge is 0.273 e. The largest absolute Gasteiger partial charge is 0.469 e. The number of rotatable bonds is 4. The summed E-state index contributed by atoms with van der Waals surface area (Å²) >= 11 is 0. The van der Waals surface area contributed by atoms with Crippen molar-refractivity contribution in [2.45, 2.75) is 30.9 Å². The van der Waals surface area contributed by atoms with Crippen LogP contribution < -0.4 is 10.9 Å². The van der Waals surface area contributed by atoms with Crippen LogP contribution in [0.1, 0.15) is 40.3 Å². The van der Waals surface area contributed by atoms with Crippen LogP contribution in [0.2, 0.25) is 0 Å². The first-order valence-corrected chi connectivity index (χ1v) is 8.77. The molecule has 0 bridgehead atoms. The maximum absolute atomic E-state index is 12.0. The van der Waals surface area contributed by atoms with Gasteiger partial charge in [-0.25, -0.2) is 8.42 Å². The van der Waals surface area contributed by atoms with E-state index in [1.54, 1.807) is 20.8 Å². The molecule has 0 saturated heterocycles. The molecule has 0 aliphatic carbocycles. The third kappa shape index (κ3) is 3.65. The lowest BCUT2D eigenvalue weighted by Crippen LogP contribution is -2.41. The summed E-state index contributed by atoms with van der Waals surface area (Å²) in [4.78, 5) is 24.0. The van der Waals surface area contributed by atoms with Crippen LogP contribution in [0.3, 0.4) is 0 Å². The maximum Gasteiger partial charge on any atom is 0.273 e. The van der Waals surface area contributed by atoms with Crippen molar-refractivity contribution in [3.8, 4) is 0 Å². The number of hydrogen-bond acceptors (Lipinski definition) is 5. The zero-order chi connectivity index (χ0) is 17.9. The highest BCUT2D eigenvalue weighted by Gasteiger charge is 2.19. The van der Waals surface area contributed by atoms with Crippen molar-refractivity contribution in [1.82, 2.24) is 10.9 Å². The molecule has 128 valence electrons. The van der Waals surface area contributed by atoms with E-state index < -0.39 is 26.9 Å². The van der Waals surface area contributed by atoms with Gasteiger partial charge in [0.05, 0.1) is 22.0 Å². The highest BCUT2D eigenvalue weighted by atomic mass is 32.2. The average Bonchev–Trinajstić information content (AvgIpc) is 2.98. The third-order valence-corrected chi connectivity index (χ3v) is 5.63. The molecule has 2 amide bonds. The molecule has 0 spiro atoms. The summed E-state index contributed by atoms with van der Waals surface area (Å²) in [7, 11) is -3.39. The molecule has 0 atom stereocenters. The Morgan fingerprint density at radius 3 is 2.08 bits per heavy atom. The lowest BCUT2D eigenvalue weighted by molar-refractivity contribution is 0.0845. The van der Waals surface area contributed by atoms with Crippen molar-refractivity contribution in [1.29, 1.82) is 0 Å². The average molecular weight is 350 g/mol. The highest BCUT2D eigenvalue weighted by Crippen LogP contribution is 2.16. The number of carbonyl (C=O) groups excluding carboxylic acids is 2. The summed E-state index contributed by atoms with van der Waals surface area (Å²) in [5, 5.41) is -0.547. The number of aryl methyl sites for hydroxylation is 1. The Hall–Kier alpha value is -2.61. The van der Waals surface area contributed by atoms with Gasteiger partial charge < -0.3 is 4.42 Å². The number of hydrogen-bond donors (Lipinski definition) is 2. The van der Waals surface area contributed by atoms with E-state index in [0.717, 1.165) is 0 Å². The fraction of sp³-hybridized carbons (Fsp3) is 0.250. The highest BCUT2D eigenvalue weighted by molar-refractivity contribution is 7.92. The topological polar surface area (TPSA) is 105 Å². The van der Waals surface area contributed by atoms with E-state index >= 15 is 0 Å². The quantitative estimate of drug-likeness (QED) is 0.819. The molecule has 0 unspecified atom stereocenters. The Labute approximate surface area is 139 Å². The molecule has 2 aromatic rings. The molecule has 8 heteroatoms. The lowest BCUT2D eigenvalue weighted by Gasteiger charge is -2.09. The fourth-order valence-electron chi connectivity index (χ4n) is 1.94. The summed E-state index contributed by atoms with van der Waals surface area (Å²) < 4.78 is 29.1. The molecule has 1 heterocycles. The van der Waals surface area contributed by atoms with E-state index in [2.05, 4.69) is 10.9 Å². The minimum Gasteiger partial charge on any atom is -0.469 e. The summed E-state index contributed by atoms with van der Waals surface area (Å²) in [6, 6.07) is 7.00. The standard InChI is InChI=1S/C16H18N2O5S/c1-10(2)24(21,22)13-6-4-12(5-7-13)15(19)17-18-16(20)14-8-9-23-11(14)3/h4-10H,1-3H3,(H,17,19)(H,18,20). The van der Waals surface area contributed by atoms with E-state index in [4.69, 9.17) is 4.42 Å². The molecular weight excluding hydrogens is 332 g/mol. The van der Waals surface area contributed by atoms with Crippen LogP contribution in [0.25, 0.3) is 0 Å². The van der Waals surface area contributed by atoms with Gasteiger partial charge in [-0.3, -0.25) is 20.4 Å². The van der Waals surface area contributed by atoms with Gasteiger partial charge in [-0.05, 0) is 51.1 Å². The Balaban J connectivity index is 2.03. The number of amides is 2. The summed E-state index contributed by atoms with van der Waals surface area (Å²) in [6.45, 7) is 4.80. The molecule has 0 aliphatic heterocycles. The molecule has 2 N–H and O–H groups in total. The van der Waals surface area contributed by atoms with E-state index in [9.17, 15) is 18.0 Å². The molecular formula is C16H18N2O5S. The number of furan rings is 1. The Kier molecular flexibility index (Phi) is 5.08. The molecule has 0 fully saturated rings. The van der Waals surface area contributed by atoms with Gasteiger partial charge in [-0.2, -0.15) is 0 Å².